The van der Waals surface area contributed by atoms with Crippen LogP contribution in [0.2, 0.25) is 0 Å². The van der Waals surface area contributed by atoms with E-state index >= 15 is 0 Å². The van der Waals surface area contributed by atoms with E-state index in [1.165, 1.54) is 25.7 Å². The molecule has 2 saturated carbocycles. The van der Waals surface area contributed by atoms with Gasteiger partial charge in [0.1, 0.15) is 0 Å². The molecule has 18 heavy (non-hydrogen) atoms. The second-order valence-corrected chi connectivity index (χ2v) is 5.33. The van der Waals surface area contributed by atoms with Crippen molar-refractivity contribution in [2.24, 2.45) is 17.6 Å². The number of amides is 1. The van der Waals surface area contributed by atoms with Gasteiger partial charge >= 0.3 is 0 Å². The van der Waals surface area contributed by atoms with E-state index in [1.807, 2.05) is 0 Å². The minimum atomic E-state index is -0.0953. The van der Waals surface area contributed by atoms with E-state index in [4.69, 9.17) is 5.73 Å². The Kier molecular flexibility index (Phi) is 3.03. The van der Waals surface area contributed by atoms with Crippen molar-refractivity contribution in [3.63, 3.8) is 0 Å². The van der Waals surface area contributed by atoms with Gasteiger partial charge in [-0.1, -0.05) is 5.21 Å². The molecule has 2 aliphatic carbocycles. The summed E-state index contributed by atoms with van der Waals surface area (Å²) < 4.78 is 1.61. The van der Waals surface area contributed by atoms with Gasteiger partial charge in [0.05, 0.1) is 12.7 Å². The van der Waals surface area contributed by atoms with Crippen LogP contribution >= 0.6 is 0 Å². The molecule has 0 saturated heterocycles. The molecule has 0 radical (unpaired) electrons. The van der Waals surface area contributed by atoms with E-state index in [2.05, 4.69) is 15.6 Å². The standard InChI is InChI=1S/C12H19N5O/c13-5-6-17-7-10(15-16-17)12(18)14-11(8-1-2-8)9-3-4-9/h7-9,11H,1-6,13H2,(H,14,18). The Morgan fingerprint density at radius 2 is 2.11 bits per heavy atom. The Morgan fingerprint density at radius 1 is 1.44 bits per heavy atom. The molecule has 6 nitrogen and oxygen atoms in total. The van der Waals surface area contributed by atoms with Gasteiger partial charge in [-0.05, 0) is 37.5 Å². The topological polar surface area (TPSA) is 85.8 Å². The lowest BCUT2D eigenvalue weighted by atomic mass is 10.1. The van der Waals surface area contributed by atoms with Crippen LogP contribution in [0.25, 0.3) is 0 Å². The summed E-state index contributed by atoms with van der Waals surface area (Å²) >= 11 is 0. The van der Waals surface area contributed by atoms with E-state index in [0.29, 0.717) is 36.7 Å². The Bertz CT molecular complexity index is 423. The largest absolute Gasteiger partial charge is 0.347 e. The van der Waals surface area contributed by atoms with Crippen LogP contribution in [0.15, 0.2) is 6.20 Å². The van der Waals surface area contributed by atoms with Crippen molar-refractivity contribution in [3.8, 4) is 0 Å². The molecule has 0 aromatic carbocycles. The summed E-state index contributed by atoms with van der Waals surface area (Å²) in [6.07, 6.45) is 6.67. The third-order valence-electron chi connectivity index (χ3n) is 3.69. The molecule has 2 aliphatic rings. The van der Waals surface area contributed by atoms with Gasteiger partial charge in [-0.2, -0.15) is 0 Å². The summed E-state index contributed by atoms with van der Waals surface area (Å²) in [4.78, 5) is 12.1. The van der Waals surface area contributed by atoms with Gasteiger partial charge < -0.3 is 11.1 Å². The Labute approximate surface area is 106 Å². The number of rotatable bonds is 6. The van der Waals surface area contributed by atoms with Crippen molar-refractivity contribution in [2.45, 2.75) is 38.3 Å². The number of carbonyl (C=O) groups excluding carboxylic acids is 1. The number of nitrogens with two attached hydrogens (primary N) is 1. The fourth-order valence-electron chi connectivity index (χ4n) is 2.40. The van der Waals surface area contributed by atoms with Crippen molar-refractivity contribution in [1.82, 2.24) is 20.3 Å². The summed E-state index contributed by atoms with van der Waals surface area (Å²) in [5.41, 5.74) is 5.83. The van der Waals surface area contributed by atoms with Crippen molar-refractivity contribution in [2.75, 3.05) is 6.54 Å². The molecule has 2 fully saturated rings. The minimum Gasteiger partial charge on any atom is -0.347 e. The lowest BCUT2D eigenvalue weighted by Gasteiger charge is -2.16. The van der Waals surface area contributed by atoms with Gasteiger partial charge in [0, 0.05) is 12.6 Å². The molecule has 1 aromatic heterocycles. The molecule has 0 atom stereocenters. The Hall–Kier alpha value is -1.43. The fraction of sp³-hybridized carbons (Fsp3) is 0.750. The van der Waals surface area contributed by atoms with Crippen LogP contribution in [0.4, 0.5) is 0 Å². The molecule has 0 aliphatic heterocycles. The number of nitrogens with one attached hydrogen (secondary N) is 1. The van der Waals surface area contributed by atoms with Crippen LogP contribution in [0.5, 0.6) is 0 Å². The van der Waals surface area contributed by atoms with Gasteiger partial charge in [0.15, 0.2) is 5.69 Å². The molecule has 1 heterocycles. The Balaban J connectivity index is 1.61. The van der Waals surface area contributed by atoms with E-state index in [-0.39, 0.29) is 5.91 Å². The average molecular weight is 249 g/mol. The summed E-state index contributed by atoms with van der Waals surface area (Å²) in [5.74, 6) is 1.29. The monoisotopic (exact) mass is 249 g/mol. The summed E-state index contributed by atoms with van der Waals surface area (Å²) in [6, 6.07) is 0.358. The van der Waals surface area contributed by atoms with Gasteiger partial charge in [-0.25, -0.2) is 0 Å². The third-order valence-corrected chi connectivity index (χ3v) is 3.69. The van der Waals surface area contributed by atoms with Gasteiger partial charge in [-0.3, -0.25) is 9.48 Å². The highest BCUT2D eigenvalue weighted by Gasteiger charge is 2.42. The maximum atomic E-state index is 12.1. The number of carbonyl (C=O) groups is 1. The van der Waals surface area contributed by atoms with Crippen LogP contribution in [-0.4, -0.2) is 33.5 Å². The van der Waals surface area contributed by atoms with Crippen molar-refractivity contribution >= 4 is 5.91 Å². The molecule has 3 rings (SSSR count). The first-order valence-corrected chi connectivity index (χ1v) is 6.69. The zero-order valence-corrected chi connectivity index (χ0v) is 10.4. The highest BCUT2D eigenvalue weighted by molar-refractivity contribution is 5.92. The van der Waals surface area contributed by atoms with Crippen LogP contribution < -0.4 is 11.1 Å². The van der Waals surface area contributed by atoms with E-state index in [9.17, 15) is 4.79 Å². The molecule has 0 bridgehead atoms. The van der Waals surface area contributed by atoms with Gasteiger partial charge in [0.25, 0.3) is 5.91 Å². The van der Waals surface area contributed by atoms with Crippen LogP contribution in [0.3, 0.4) is 0 Å². The van der Waals surface area contributed by atoms with Gasteiger partial charge in [0.2, 0.25) is 0 Å². The van der Waals surface area contributed by atoms with Crippen LogP contribution in [0.1, 0.15) is 36.2 Å². The quantitative estimate of drug-likeness (QED) is 0.751. The minimum absolute atomic E-state index is 0.0953. The smallest absolute Gasteiger partial charge is 0.273 e. The lowest BCUT2D eigenvalue weighted by Crippen LogP contribution is -2.38. The molecule has 1 aromatic rings. The maximum Gasteiger partial charge on any atom is 0.273 e. The predicted octanol–water partition coefficient (Wildman–Crippen LogP) is 0.155. The van der Waals surface area contributed by atoms with E-state index in [0.717, 1.165) is 0 Å². The molecular weight excluding hydrogens is 230 g/mol. The SMILES string of the molecule is NCCn1cc(C(=O)NC(C2CC2)C2CC2)nn1. The normalized spacial score (nSPS) is 19.2. The number of aromatic nitrogens is 3. The second-order valence-electron chi connectivity index (χ2n) is 5.33. The van der Waals surface area contributed by atoms with Crippen LogP contribution in [0, 0.1) is 11.8 Å². The average Bonchev–Trinajstić information content (AvgIpc) is 3.26. The zero-order chi connectivity index (χ0) is 12.5. The predicted molar refractivity (Wildman–Crippen MR) is 65.8 cm³/mol. The van der Waals surface area contributed by atoms with Crippen molar-refractivity contribution in [3.05, 3.63) is 11.9 Å². The highest BCUT2D eigenvalue weighted by Crippen LogP contribution is 2.44. The van der Waals surface area contributed by atoms with E-state index < -0.39 is 0 Å². The number of hydrogen-bond acceptors (Lipinski definition) is 4. The molecule has 0 unspecified atom stereocenters. The molecule has 98 valence electrons. The molecule has 6 heteroatoms. The molecule has 3 N–H and O–H groups in total. The number of nitrogens with zero attached hydrogens (tertiary/aromatic N) is 3. The number of hydrogen-bond donors (Lipinski definition) is 2. The first-order valence-electron chi connectivity index (χ1n) is 6.69. The fourth-order valence-corrected chi connectivity index (χ4v) is 2.40. The lowest BCUT2D eigenvalue weighted by molar-refractivity contribution is 0.0921. The van der Waals surface area contributed by atoms with Crippen molar-refractivity contribution < 1.29 is 4.79 Å². The third kappa shape index (κ3) is 2.53. The molecule has 0 spiro atoms. The summed E-state index contributed by atoms with van der Waals surface area (Å²) in [5, 5.41) is 10.9. The first kappa shape index (κ1) is 11.6. The summed E-state index contributed by atoms with van der Waals surface area (Å²) in [7, 11) is 0. The van der Waals surface area contributed by atoms with E-state index in [1.54, 1.807) is 10.9 Å². The highest BCUT2D eigenvalue weighted by atomic mass is 16.2. The first-order chi connectivity index (χ1) is 8.78. The van der Waals surface area contributed by atoms with Gasteiger partial charge in [-0.15, -0.1) is 5.10 Å². The Morgan fingerprint density at radius 3 is 2.67 bits per heavy atom. The maximum absolute atomic E-state index is 12.1. The van der Waals surface area contributed by atoms with Crippen molar-refractivity contribution in [1.29, 1.82) is 0 Å². The zero-order valence-electron chi connectivity index (χ0n) is 10.4. The molecular formula is C12H19N5O. The van der Waals surface area contributed by atoms with Crippen LogP contribution in [-0.2, 0) is 6.54 Å². The second kappa shape index (κ2) is 4.68. The summed E-state index contributed by atoms with van der Waals surface area (Å²) in [6.45, 7) is 1.09. The molecule has 1 amide bonds.